The SMILES string of the molecule is CCc1ccc(NC(=S)Nc2ccc(NC(C)=O)cc2)cc1. The second-order valence-electron chi connectivity index (χ2n) is 4.89. The smallest absolute Gasteiger partial charge is 0.221 e. The van der Waals surface area contributed by atoms with Gasteiger partial charge in [0.2, 0.25) is 5.91 Å². The maximum Gasteiger partial charge on any atom is 0.221 e. The first-order valence-corrected chi connectivity index (χ1v) is 7.52. The molecular formula is C17H19N3OS. The summed E-state index contributed by atoms with van der Waals surface area (Å²) in [5.74, 6) is -0.0894. The molecule has 0 heterocycles. The molecule has 2 aromatic rings. The highest BCUT2D eigenvalue weighted by molar-refractivity contribution is 7.80. The zero-order valence-corrected chi connectivity index (χ0v) is 13.5. The highest BCUT2D eigenvalue weighted by Gasteiger charge is 2.00. The standard InChI is InChI=1S/C17H19N3OS/c1-3-13-4-6-15(7-5-13)19-17(22)20-16-10-8-14(9-11-16)18-12(2)21/h4-11H,3H2,1-2H3,(H,18,21)(H2,19,20,22). The molecule has 0 fully saturated rings. The van der Waals surface area contributed by atoms with Crippen molar-refractivity contribution >= 4 is 40.3 Å². The number of rotatable bonds is 4. The lowest BCUT2D eigenvalue weighted by atomic mass is 10.1. The van der Waals surface area contributed by atoms with E-state index in [9.17, 15) is 4.79 Å². The number of amides is 1. The highest BCUT2D eigenvalue weighted by Crippen LogP contribution is 2.15. The summed E-state index contributed by atoms with van der Waals surface area (Å²) in [5.41, 5.74) is 3.85. The molecule has 22 heavy (non-hydrogen) atoms. The van der Waals surface area contributed by atoms with Crippen molar-refractivity contribution in [1.29, 1.82) is 0 Å². The molecule has 114 valence electrons. The minimum Gasteiger partial charge on any atom is -0.332 e. The predicted octanol–water partition coefficient (Wildman–Crippen LogP) is 4.02. The van der Waals surface area contributed by atoms with Gasteiger partial charge in [0, 0.05) is 24.0 Å². The van der Waals surface area contributed by atoms with Crippen molar-refractivity contribution in [2.45, 2.75) is 20.3 Å². The monoisotopic (exact) mass is 313 g/mol. The van der Waals surface area contributed by atoms with Gasteiger partial charge in [-0.3, -0.25) is 4.79 Å². The zero-order chi connectivity index (χ0) is 15.9. The molecule has 0 radical (unpaired) electrons. The van der Waals surface area contributed by atoms with E-state index in [0.717, 1.165) is 23.5 Å². The van der Waals surface area contributed by atoms with Gasteiger partial charge in [-0.25, -0.2) is 0 Å². The van der Waals surface area contributed by atoms with Gasteiger partial charge in [0.25, 0.3) is 0 Å². The Morgan fingerprint density at radius 3 is 1.68 bits per heavy atom. The number of aryl methyl sites for hydroxylation is 1. The molecular weight excluding hydrogens is 294 g/mol. The molecule has 0 spiro atoms. The van der Waals surface area contributed by atoms with Crippen molar-refractivity contribution in [1.82, 2.24) is 0 Å². The maximum atomic E-state index is 11.0. The number of thiocarbonyl (C=S) groups is 1. The Kier molecular flexibility index (Phi) is 5.49. The number of hydrogen-bond acceptors (Lipinski definition) is 2. The molecule has 2 aromatic carbocycles. The van der Waals surface area contributed by atoms with Crippen LogP contribution in [0.5, 0.6) is 0 Å². The predicted molar refractivity (Wildman–Crippen MR) is 96.4 cm³/mol. The fraction of sp³-hybridized carbons (Fsp3) is 0.176. The van der Waals surface area contributed by atoms with Crippen LogP contribution in [0.25, 0.3) is 0 Å². The number of benzene rings is 2. The van der Waals surface area contributed by atoms with Crippen LogP contribution in [0.1, 0.15) is 19.4 Å². The van der Waals surface area contributed by atoms with Crippen LogP contribution < -0.4 is 16.0 Å². The first-order chi connectivity index (χ1) is 10.6. The molecule has 5 heteroatoms. The number of anilines is 3. The number of carbonyl (C=O) groups is 1. The van der Waals surface area contributed by atoms with Crippen molar-refractivity contribution in [3.05, 3.63) is 54.1 Å². The van der Waals surface area contributed by atoms with Crippen LogP contribution in [-0.4, -0.2) is 11.0 Å². The van der Waals surface area contributed by atoms with Gasteiger partial charge in [-0.05, 0) is 60.6 Å². The lowest BCUT2D eigenvalue weighted by Gasteiger charge is -2.11. The number of carbonyl (C=O) groups excluding carboxylic acids is 1. The van der Waals surface area contributed by atoms with Crippen LogP contribution in [0.2, 0.25) is 0 Å². The lowest BCUT2D eigenvalue weighted by Crippen LogP contribution is -2.19. The fourth-order valence-corrected chi connectivity index (χ4v) is 2.19. The highest BCUT2D eigenvalue weighted by atomic mass is 32.1. The quantitative estimate of drug-likeness (QED) is 0.746. The van der Waals surface area contributed by atoms with Gasteiger partial charge in [0.15, 0.2) is 5.11 Å². The average Bonchev–Trinajstić information content (AvgIpc) is 2.49. The topological polar surface area (TPSA) is 53.2 Å². The summed E-state index contributed by atoms with van der Waals surface area (Å²) in [5, 5.41) is 9.49. The minimum absolute atomic E-state index is 0.0894. The summed E-state index contributed by atoms with van der Waals surface area (Å²) in [4.78, 5) is 11.0. The average molecular weight is 313 g/mol. The summed E-state index contributed by atoms with van der Waals surface area (Å²) < 4.78 is 0. The summed E-state index contributed by atoms with van der Waals surface area (Å²) in [6.45, 7) is 3.61. The van der Waals surface area contributed by atoms with E-state index in [1.807, 2.05) is 36.4 Å². The zero-order valence-electron chi connectivity index (χ0n) is 12.6. The molecule has 1 amide bonds. The molecule has 0 aliphatic rings. The molecule has 2 rings (SSSR count). The van der Waals surface area contributed by atoms with E-state index in [-0.39, 0.29) is 5.91 Å². The molecule has 0 unspecified atom stereocenters. The van der Waals surface area contributed by atoms with Crippen molar-refractivity contribution in [2.75, 3.05) is 16.0 Å². The third kappa shape index (κ3) is 4.86. The van der Waals surface area contributed by atoms with Crippen molar-refractivity contribution in [3.8, 4) is 0 Å². The Morgan fingerprint density at radius 2 is 1.27 bits per heavy atom. The Morgan fingerprint density at radius 1 is 0.864 bits per heavy atom. The van der Waals surface area contributed by atoms with Gasteiger partial charge in [-0.1, -0.05) is 19.1 Å². The maximum absolute atomic E-state index is 11.0. The van der Waals surface area contributed by atoms with E-state index in [1.54, 1.807) is 0 Å². The number of nitrogens with one attached hydrogen (secondary N) is 3. The normalized spacial score (nSPS) is 9.91. The lowest BCUT2D eigenvalue weighted by molar-refractivity contribution is -0.114. The third-order valence-corrected chi connectivity index (χ3v) is 3.29. The van der Waals surface area contributed by atoms with Gasteiger partial charge in [0.1, 0.15) is 0 Å². The Labute approximate surface area is 135 Å². The summed E-state index contributed by atoms with van der Waals surface area (Å²) in [7, 11) is 0. The largest absolute Gasteiger partial charge is 0.332 e. The summed E-state index contributed by atoms with van der Waals surface area (Å²) in [6, 6.07) is 15.5. The van der Waals surface area contributed by atoms with E-state index in [2.05, 4.69) is 35.0 Å². The third-order valence-electron chi connectivity index (χ3n) is 3.08. The molecule has 0 saturated carbocycles. The van der Waals surface area contributed by atoms with Gasteiger partial charge < -0.3 is 16.0 Å². The Hall–Kier alpha value is -2.40. The van der Waals surface area contributed by atoms with Gasteiger partial charge in [0.05, 0.1) is 0 Å². The van der Waals surface area contributed by atoms with Crippen LogP contribution in [0.15, 0.2) is 48.5 Å². The molecule has 0 atom stereocenters. The van der Waals surface area contributed by atoms with Gasteiger partial charge in [-0.15, -0.1) is 0 Å². The van der Waals surface area contributed by atoms with Crippen molar-refractivity contribution < 1.29 is 4.79 Å². The molecule has 3 N–H and O–H groups in total. The van der Waals surface area contributed by atoms with E-state index in [0.29, 0.717) is 5.11 Å². The van der Waals surface area contributed by atoms with Gasteiger partial charge in [-0.2, -0.15) is 0 Å². The second-order valence-corrected chi connectivity index (χ2v) is 5.30. The Balaban J connectivity index is 1.92. The van der Waals surface area contributed by atoms with E-state index >= 15 is 0 Å². The molecule has 4 nitrogen and oxygen atoms in total. The van der Waals surface area contributed by atoms with Crippen molar-refractivity contribution in [2.24, 2.45) is 0 Å². The summed E-state index contributed by atoms with van der Waals surface area (Å²) >= 11 is 5.29. The van der Waals surface area contributed by atoms with Crippen LogP contribution in [0.3, 0.4) is 0 Å². The van der Waals surface area contributed by atoms with Crippen LogP contribution in [0.4, 0.5) is 17.1 Å². The van der Waals surface area contributed by atoms with E-state index < -0.39 is 0 Å². The fourth-order valence-electron chi connectivity index (χ4n) is 1.96. The van der Waals surface area contributed by atoms with Crippen molar-refractivity contribution in [3.63, 3.8) is 0 Å². The minimum atomic E-state index is -0.0894. The number of hydrogen-bond donors (Lipinski definition) is 3. The van der Waals surface area contributed by atoms with Gasteiger partial charge >= 0.3 is 0 Å². The molecule has 0 saturated heterocycles. The molecule has 0 aromatic heterocycles. The van der Waals surface area contributed by atoms with E-state index in [4.69, 9.17) is 12.2 Å². The van der Waals surface area contributed by atoms with Crippen LogP contribution >= 0.6 is 12.2 Å². The Bertz CT molecular complexity index is 651. The van der Waals surface area contributed by atoms with Crippen LogP contribution in [0, 0.1) is 0 Å². The molecule has 0 aliphatic heterocycles. The summed E-state index contributed by atoms with van der Waals surface area (Å²) in [6.07, 6.45) is 1.02. The second kappa shape index (κ2) is 7.56. The first-order valence-electron chi connectivity index (χ1n) is 7.11. The molecule has 0 aliphatic carbocycles. The first kappa shape index (κ1) is 16.0. The van der Waals surface area contributed by atoms with Crippen LogP contribution in [-0.2, 0) is 11.2 Å². The van der Waals surface area contributed by atoms with E-state index in [1.165, 1.54) is 12.5 Å². The molecule has 0 bridgehead atoms.